The second-order valence-electron chi connectivity index (χ2n) is 3.48. The van der Waals surface area contributed by atoms with Crippen molar-refractivity contribution >= 4 is 12.1 Å². The second kappa shape index (κ2) is 2.79. The molecule has 0 saturated carbocycles. The number of hydrogen-bond donors (Lipinski definition) is 2. The molecule has 7 heteroatoms. The van der Waals surface area contributed by atoms with Gasteiger partial charge in [0.25, 0.3) is 5.92 Å². The third-order valence-electron chi connectivity index (χ3n) is 2.28. The topological polar surface area (TPSA) is 77.8 Å². The van der Waals surface area contributed by atoms with E-state index < -0.39 is 36.5 Å². The number of carboxylic acid groups (broad SMARTS) is 2. The zero-order valence-corrected chi connectivity index (χ0v) is 7.33. The Kier molecular flexibility index (Phi) is 2.13. The number of carbonyl (C=O) groups is 2. The zero-order chi connectivity index (χ0) is 11.1. The standard InChI is InChI=1S/C7H9F2NO4/c1-6(4(11)12)2-7(8,9)3-10(6)5(13)14/h2-3H2,1H3,(H,11,12)(H,13,14). The monoisotopic (exact) mass is 209 g/mol. The smallest absolute Gasteiger partial charge is 0.408 e. The summed E-state index contributed by atoms with van der Waals surface area (Å²) in [6, 6.07) is 0. The Labute approximate surface area is 77.9 Å². The summed E-state index contributed by atoms with van der Waals surface area (Å²) in [6.45, 7) is -0.0878. The van der Waals surface area contributed by atoms with E-state index in [1.54, 1.807) is 0 Å². The van der Waals surface area contributed by atoms with Crippen molar-refractivity contribution in [2.24, 2.45) is 0 Å². The summed E-state index contributed by atoms with van der Waals surface area (Å²) in [5.74, 6) is -4.83. The van der Waals surface area contributed by atoms with Crippen LogP contribution in [0.4, 0.5) is 13.6 Å². The second-order valence-corrected chi connectivity index (χ2v) is 3.48. The van der Waals surface area contributed by atoms with Crippen LogP contribution in [0.2, 0.25) is 0 Å². The van der Waals surface area contributed by atoms with Gasteiger partial charge in [-0.15, -0.1) is 0 Å². The Balaban J connectivity index is 3.05. The number of alkyl halides is 2. The molecule has 0 radical (unpaired) electrons. The lowest BCUT2D eigenvalue weighted by Crippen LogP contribution is -2.50. The molecule has 0 aromatic rings. The number of nitrogens with zero attached hydrogens (tertiary/aromatic N) is 1. The third-order valence-corrected chi connectivity index (χ3v) is 2.28. The van der Waals surface area contributed by atoms with Crippen LogP contribution in [0.1, 0.15) is 13.3 Å². The van der Waals surface area contributed by atoms with Gasteiger partial charge in [0, 0.05) is 6.42 Å². The first kappa shape index (κ1) is 10.7. The van der Waals surface area contributed by atoms with Crippen molar-refractivity contribution in [3.63, 3.8) is 0 Å². The summed E-state index contributed by atoms with van der Waals surface area (Å²) >= 11 is 0. The number of hydrogen-bond acceptors (Lipinski definition) is 2. The van der Waals surface area contributed by atoms with E-state index in [1.807, 2.05) is 0 Å². The predicted octanol–water partition coefficient (Wildman–Crippen LogP) is 0.849. The summed E-state index contributed by atoms with van der Waals surface area (Å²) in [5, 5.41) is 17.2. The highest BCUT2D eigenvalue weighted by Gasteiger charge is 2.58. The lowest BCUT2D eigenvalue weighted by molar-refractivity contribution is -0.148. The van der Waals surface area contributed by atoms with Crippen LogP contribution in [0, 0.1) is 0 Å². The lowest BCUT2D eigenvalue weighted by Gasteiger charge is -2.27. The van der Waals surface area contributed by atoms with Crippen molar-refractivity contribution < 1.29 is 28.6 Å². The summed E-state index contributed by atoms with van der Waals surface area (Å²) in [4.78, 5) is 21.5. The maximum Gasteiger partial charge on any atom is 0.408 e. The van der Waals surface area contributed by atoms with Crippen LogP contribution < -0.4 is 0 Å². The molecular weight excluding hydrogens is 200 g/mol. The van der Waals surface area contributed by atoms with E-state index in [4.69, 9.17) is 10.2 Å². The number of rotatable bonds is 1. The molecule has 1 aliphatic rings. The van der Waals surface area contributed by atoms with Crippen molar-refractivity contribution in [3.05, 3.63) is 0 Å². The first-order valence-electron chi connectivity index (χ1n) is 3.81. The maximum absolute atomic E-state index is 12.8. The Hall–Kier alpha value is -1.40. The van der Waals surface area contributed by atoms with Gasteiger partial charge in [-0.05, 0) is 6.92 Å². The van der Waals surface area contributed by atoms with Crippen LogP contribution in [0.3, 0.4) is 0 Å². The van der Waals surface area contributed by atoms with Crippen molar-refractivity contribution in [2.75, 3.05) is 6.54 Å². The molecule has 2 N–H and O–H groups in total. The Morgan fingerprint density at radius 2 is 1.86 bits per heavy atom. The first-order chi connectivity index (χ1) is 6.19. The normalized spacial score (nSPS) is 30.4. The molecule has 5 nitrogen and oxygen atoms in total. The molecule has 14 heavy (non-hydrogen) atoms. The Morgan fingerprint density at radius 1 is 1.36 bits per heavy atom. The quantitative estimate of drug-likeness (QED) is 0.671. The number of amides is 1. The molecule has 1 unspecified atom stereocenters. The Morgan fingerprint density at radius 3 is 2.14 bits per heavy atom. The molecule has 1 aliphatic heterocycles. The van der Waals surface area contributed by atoms with Gasteiger partial charge < -0.3 is 10.2 Å². The molecule has 1 heterocycles. The first-order valence-corrected chi connectivity index (χ1v) is 3.81. The summed E-state index contributed by atoms with van der Waals surface area (Å²) < 4.78 is 25.7. The van der Waals surface area contributed by atoms with Crippen LogP contribution in [0.25, 0.3) is 0 Å². The number of carboxylic acids is 1. The highest BCUT2D eigenvalue weighted by Crippen LogP contribution is 2.39. The minimum absolute atomic E-state index is 0.259. The number of aliphatic carboxylic acids is 1. The van der Waals surface area contributed by atoms with Crippen molar-refractivity contribution in [2.45, 2.75) is 24.8 Å². The lowest BCUT2D eigenvalue weighted by atomic mass is 9.98. The fourth-order valence-corrected chi connectivity index (χ4v) is 1.53. The molecule has 80 valence electrons. The number of halogens is 2. The third kappa shape index (κ3) is 1.49. The summed E-state index contributed by atoms with van der Waals surface area (Å²) in [5.41, 5.74) is -2.03. The molecule has 0 bridgehead atoms. The Bertz CT molecular complexity index is 293. The number of likely N-dealkylation sites (tertiary alicyclic amines) is 1. The minimum Gasteiger partial charge on any atom is -0.480 e. The predicted molar refractivity (Wildman–Crippen MR) is 40.3 cm³/mol. The molecule has 1 amide bonds. The van der Waals surface area contributed by atoms with Crippen molar-refractivity contribution in [1.82, 2.24) is 4.90 Å². The van der Waals surface area contributed by atoms with Crippen LogP contribution in [0.5, 0.6) is 0 Å². The van der Waals surface area contributed by atoms with E-state index in [0.717, 1.165) is 6.92 Å². The highest BCUT2D eigenvalue weighted by atomic mass is 19.3. The molecule has 0 aromatic carbocycles. The molecule has 1 saturated heterocycles. The molecular formula is C7H9F2NO4. The minimum atomic E-state index is -3.27. The molecule has 0 aliphatic carbocycles. The average molecular weight is 209 g/mol. The van der Waals surface area contributed by atoms with Crippen LogP contribution >= 0.6 is 0 Å². The largest absolute Gasteiger partial charge is 0.480 e. The molecule has 1 atom stereocenters. The van der Waals surface area contributed by atoms with E-state index in [-0.39, 0.29) is 4.90 Å². The average Bonchev–Trinajstić information content (AvgIpc) is 2.22. The van der Waals surface area contributed by atoms with E-state index in [1.165, 1.54) is 0 Å². The van der Waals surface area contributed by atoms with E-state index in [0.29, 0.717) is 0 Å². The van der Waals surface area contributed by atoms with Crippen LogP contribution in [-0.4, -0.2) is 45.2 Å². The molecule has 1 rings (SSSR count). The van der Waals surface area contributed by atoms with E-state index in [9.17, 15) is 18.4 Å². The van der Waals surface area contributed by atoms with Crippen molar-refractivity contribution in [1.29, 1.82) is 0 Å². The van der Waals surface area contributed by atoms with Gasteiger partial charge in [-0.25, -0.2) is 18.4 Å². The fourth-order valence-electron chi connectivity index (χ4n) is 1.53. The fraction of sp³-hybridized carbons (Fsp3) is 0.714. The van der Waals surface area contributed by atoms with E-state index >= 15 is 0 Å². The van der Waals surface area contributed by atoms with Gasteiger partial charge in [-0.3, -0.25) is 4.90 Å². The molecule has 1 fully saturated rings. The van der Waals surface area contributed by atoms with Gasteiger partial charge >= 0.3 is 12.1 Å². The molecule has 0 spiro atoms. The van der Waals surface area contributed by atoms with Crippen molar-refractivity contribution in [3.8, 4) is 0 Å². The van der Waals surface area contributed by atoms with Gasteiger partial charge in [-0.1, -0.05) is 0 Å². The van der Waals surface area contributed by atoms with Gasteiger partial charge in [0.15, 0.2) is 0 Å². The zero-order valence-electron chi connectivity index (χ0n) is 7.33. The van der Waals surface area contributed by atoms with Gasteiger partial charge in [0.1, 0.15) is 5.54 Å². The van der Waals surface area contributed by atoms with Gasteiger partial charge in [0.2, 0.25) is 0 Å². The van der Waals surface area contributed by atoms with Gasteiger partial charge in [-0.2, -0.15) is 0 Å². The van der Waals surface area contributed by atoms with E-state index in [2.05, 4.69) is 0 Å². The van der Waals surface area contributed by atoms with Crippen LogP contribution in [-0.2, 0) is 4.79 Å². The summed E-state index contributed by atoms with van der Waals surface area (Å²) in [6.07, 6.45) is -2.63. The molecule has 0 aromatic heterocycles. The SMILES string of the molecule is CC1(C(=O)O)CC(F)(F)CN1C(=O)O. The van der Waals surface area contributed by atoms with Gasteiger partial charge in [0.05, 0.1) is 6.54 Å². The highest BCUT2D eigenvalue weighted by molar-refractivity contribution is 5.84. The van der Waals surface area contributed by atoms with Crippen LogP contribution in [0.15, 0.2) is 0 Å². The summed E-state index contributed by atoms with van der Waals surface area (Å²) in [7, 11) is 0. The maximum atomic E-state index is 12.8.